The van der Waals surface area contributed by atoms with Crippen LogP contribution in [0.1, 0.15) is 59.3 Å². The van der Waals surface area contributed by atoms with Crippen molar-refractivity contribution in [2.45, 2.75) is 64.9 Å². The Morgan fingerprint density at radius 1 is 1.31 bits per heavy atom. The van der Waals surface area contributed by atoms with Crippen LogP contribution in [0.15, 0.2) is 0 Å². The molecule has 0 aliphatic heterocycles. The lowest BCUT2D eigenvalue weighted by Crippen LogP contribution is -2.41. The van der Waals surface area contributed by atoms with E-state index in [0.29, 0.717) is 5.92 Å². The van der Waals surface area contributed by atoms with Gasteiger partial charge in [0.2, 0.25) is 0 Å². The molecule has 1 nitrogen and oxygen atoms in total. The van der Waals surface area contributed by atoms with Crippen molar-refractivity contribution in [1.82, 2.24) is 0 Å². The molecule has 0 spiro atoms. The average Bonchev–Trinajstić information content (AvgIpc) is 2.09. The van der Waals surface area contributed by atoms with Crippen molar-refractivity contribution in [2.24, 2.45) is 11.8 Å². The summed E-state index contributed by atoms with van der Waals surface area (Å²) in [5, 5.41) is 10.4. The molecule has 0 heterocycles. The van der Waals surface area contributed by atoms with Gasteiger partial charge in [0.15, 0.2) is 0 Å². The van der Waals surface area contributed by atoms with Crippen LogP contribution in [-0.2, 0) is 0 Å². The number of hydrogen-bond acceptors (Lipinski definition) is 1. The fourth-order valence-corrected chi connectivity index (χ4v) is 2.54. The van der Waals surface area contributed by atoms with E-state index in [0.717, 1.165) is 18.8 Å². The van der Waals surface area contributed by atoms with E-state index in [1.165, 1.54) is 25.7 Å². The van der Waals surface area contributed by atoms with Gasteiger partial charge in [0.05, 0.1) is 5.60 Å². The number of aliphatic hydroxyl groups is 1. The summed E-state index contributed by atoms with van der Waals surface area (Å²) in [6.07, 6.45) is 6.91. The minimum absolute atomic E-state index is 0.340. The molecular formula is C12H24O. The van der Waals surface area contributed by atoms with Gasteiger partial charge in [0.25, 0.3) is 0 Å². The summed E-state index contributed by atoms with van der Waals surface area (Å²) < 4.78 is 0. The predicted molar refractivity (Wildman–Crippen MR) is 56.7 cm³/mol. The van der Waals surface area contributed by atoms with Crippen LogP contribution < -0.4 is 0 Å². The monoisotopic (exact) mass is 184 g/mol. The maximum atomic E-state index is 10.4. The van der Waals surface area contributed by atoms with E-state index in [9.17, 15) is 5.11 Å². The molecule has 0 saturated heterocycles. The van der Waals surface area contributed by atoms with Crippen molar-refractivity contribution in [3.63, 3.8) is 0 Å². The summed E-state index contributed by atoms with van der Waals surface area (Å²) in [6, 6.07) is 0. The summed E-state index contributed by atoms with van der Waals surface area (Å²) in [7, 11) is 0. The van der Waals surface area contributed by atoms with Crippen LogP contribution in [0.3, 0.4) is 0 Å². The lowest BCUT2D eigenvalue weighted by molar-refractivity contribution is -0.0642. The summed E-state index contributed by atoms with van der Waals surface area (Å²) in [5.41, 5.74) is -0.340. The zero-order valence-corrected chi connectivity index (χ0v) is 9.34. The van der Waals surface area contributed by atoms with E-state index in [-0.39, 0.29) is 5.60 Å². The maximum Gasteiger partial charge on any atom is 0.0675 e. The van der Waals surface area contributed by atoms with Gasteiger partial charge in [0.1, 0.15) is 0 Å². The highest BCUT2D eigenvalue weighted by Crippen LogP contribution is 2.39. The fourth-order valence-electron chi connectivity index (χ4n) is 2.54. The second-order valence-corrected chi connectivity index (χ2v) is 4.99. The molecule has 0 amide bonds. The van der Waals surface area contributed by atoms with Crippen LogP contribution in [0.2, 0.25) is 0 Å². The second kappa shape index (κ2) is 4.45. The zero-order chi connectivity index (χ0) is 9.90. The van der Waals surface area contributed by atoms with Crippen LogP contribution >= 0.6 is 0 Å². The molecular weight excluding hydrogens is 160 g/mol. The van der Waals surface area contributed by atoms with Gasteiger partial charge in [-0.2, -0.15) is 0 Å². The quantitative estimate of drug-likeness (QED) is 0.713. The fraction of sp³-hybridized carbons (Fsp3) is 1.00. The molecule has 0 aromatic heterocycles. The highest BCUT2D eigenvalue weighted by atomic mass is 16.3. The molecule has 1 aliphatic carbocycles. The van der Waals surface area contributed by atoms with Crippen LogP contribution in [0.4, 0.5) is 0 Å². The highest BCUT2D eigenvalue weighted by Gasteiger charge is 2.37. The van der Waals surface area contributed by atoms with Crippen LogP contribution in [-0.4, -0.2) is 10.7 Å². The molecule has 1 rings (SSSR count). The van der Waals surface area contributed by atoms with Crippen molar-refractivity contribution in [1.29, 1.82) is 0 Å². The predicted octanol–water partition coefficient (Wildman–Crippen LogP) is 3.36. The second-order valence-electron chi connectivity index (χ2n) is 4.99. The molecule has 1 aliphatic rings. The van der Waals surface area contributed by atoms with Gasteiger partial charge in [-0.05, 0) is 31.1 Å². The molecule has 1 fully saturated rings. The Hall–Kier alpha value is -0.0400. The minimum atomic E-state index is -0.340. The Labute approximate surface area is 82.5 Å². The third-order valence-electron chi connectivity index (χ3n) is 3.67. The maximum absolute atomic E-state index is 10.4. The lowest BCUT2D eigenvalue weighted by Gasteiger charge is -2.41. The molecule has 0 aromatic carbocycles. The molecule has 78 valence electrons. The Morgan fingerprint density at radius 3 is 2.62 bits per heavy atom. The number of rotatable bonds is 3. The van der Waals surface area contributed by atoms with Crippen LogP contribution in [0.5, 0.6) is 0 Å². The largest absolute Gasteiger partial charge is 0.390 e. The highest BCUT2D eigenvalue weighted by molar-refractivity contribution is 4.89. The van der Waals surface area contributed by atoms with E-state index in [2.05, 4.69) is 20.8 Å². The van der Waals surface area contributed by atoms with Crippen LogP contribution in [0.25, 0.3) is 0 Å². The molecule has 3 atom stereocenters. The summed E-state index contributed by atoms with van der Waals surface area (Å²) in [6.45, 7) is 6.67. The third-order valence-corrected chi connectivity index (χ3v) is 3.67. The van der Waals surface area contributed by atoms with Crippen molar-refractivity contribution < 1.29 is 5.11 Å². The normalized spacial score (nSPS) is 40.6. The van der Waals surface area contributed by atoms with Crippen LogP contribution in [0, 0.1) is 11.8 Å². The summed E-state index contributed by atoms with van der Waals surface area (Å²) in [5.74, 6) is 1.23. The van der Waals surface area contributed by atoms with E-state index >= 15 is 0 Å². The minimum Gasteiger partial charge on any atom is -0.390 e. The van der Waals surface area contributed by atoms with Crippen molar-refractivity contribution in [3.8, 4) is 0 Å². The van der Waals surface area contributed by atoms with E-state index in [1.54, 1.807) is 0 Å². The SMILES string of the molecule is CCCCC1(O)CC(C)CCC1C. The Kier molecular flexibility index (Phi) is 3.78. The van der Waals surface area contributed by atoms with Gasteiger partial charge in [-0.3, -0.25) is 0 Å². The first kappa shape index (κ1) is 11.0. The number of unbranched alkanes of at least 4 members (excludes halogenated alkanes) is 1. The average molecular weight is 184 g/mol. The summed E-state index contributed by atoms with van der Waals surface area (Å²) >= 11 is 0. The Bertz CT molecular complexity index is 155. The molecule has 1 heteroatoms. The molecule has 0 bridgehead atoms. The lowest BCUT2D eigenvalue weighted by atomic mass is 9.70. The molecule has 1 saturated carbocycles. The van der Waals surface area contributed by atoms with Gasteiger partial charge in [-0.15, -0.1) is 0 Å². The van der Waals surface area contributed by atoms with Crippen molar-refractivity contribution in [2.75, 3.05) is 0 Å². The molecule has 3 unspecified atom stereocenters. The van der Waals surface area contributed by atoms with Gasteiger partial charge in [-0.1, -0.05) is 40.0 Å². The van der Waals surface area contributed by atoms with Gasteiger partial charge >= 0.3 is 0 Å². The third kappa shape index (κ3) is 2.70. The first-order valence-electron chi connectivity index (χ1n) is 5.81. The molecule has 13 heavy (non-hydrogen) atoms. The van der Waals surface area contributed by atoms with E-state index in [4.69, 9.17) is 0 Å². The van der Waals surface area contributed by atoms with Gasteiger partial charge < -0.3 is 5.11 Å². The standard InChI is InChI=1S/C12H24O/c1-4-5-8-12(13)9-10(2)6-7-11(12)3/h10-11,13H,4-9H2,1-3H3. The Balaban J connectivity index is 2.50. The first-order valence-corrected chi connectivity index (χ1v) is 5.81. The molecule has 1 N–H and O–H groups in total. The van der Waals surface area contributed by atoms with Gasteiger partial charge in [-0.25, -0.2) is 0 Å². The number of hydrogen-bond donors (Lipinski definition) is 1. The van der Waals surface area contributed by atoms with Crippen molar-refractivity contribution >= 4 is 0 Å². The van der Waals surface area contributed by atoms with E-state index < -0.39 is 0 Å². The zero-order valence-electron chi connectivity index (χ0n) is 9.34. The topological polar surface area (TPSA) is 20.2 Å². The molecule has 0 radical (unpaired) electrons. The Morgan fingerprint density at radius 2 is 2.00 bits per heavy atom. The molecule has 0 aromatic rings. The smallest absolute Gasteiger partial charge is 0.0675 e. The van der Waals surface area contributed by atoms with Crippen molar-refractivity contribution in [3.05, 3.63) is 0 Å². The summed E-state index contributed by atoms with van der Waals surface area (Å²) in [4.78, 5) is 0. The van der Waals surface area contributed by atoms with Gasteiger partial charge in [0, 0.05) is 0 Å². The van der Waals surface area contributed by atoms with E-state index in [1.807, 2.05) is 0 Å². The first-order chi connectivity index (χ1) is 6.08.